The van der Waals surface area contributed by atoms with Gasteiger partial charge in [0.1, 0.15) is 0 Å². The Morgan fingerprint density at radius 2 is 2.06 bits per heavy atom. The predicted octanol–water partition coefficient (Wildman–Crippen LogP) is 0.469. The van der Waals surface area contributed by atoms with Gasteiger partial charge in [-0.2, -0.15) is 5.26 Å². The largest absolute Gasteiger partial charge is 0.385 e. The van der Waals surface area contributed by atoms with E-state index in [1.54, 1.807) is 7.11 Å². The van der Waals surface area contributed by atoms with Gasteiger partial charge in [0.15, 0.2) is 0 Å². The van der Waals surface area contributed by atoms with E-state index in [1.165, 1.54) is 0 Å². The lowest BCUT2D eigenvalue weighted by atomic mass is 10.2. The van der Waals surface area contributed by atoms with Crippen molar-refractivity contribution in [3.8, 4) is 6.07 Å². The molecule has 0 radical (unpaired) electrons. The quantitative estimate of drug-likeness (QED) is 0.654. The van der Waals surface area contributed by atoms with Crippen molar-refractivity contribution < 1.29 is 9.53 Å². The Morgan fingerprint density at radius 1 is 1.41 bits per heavy atom. The first-order valence-corrected chi connectivity index (χ1v) is 6.09. The lowest BCUT2D eigenvalue weighted by Gasteiger charge is -2.35. The van der Waals surface area contributed by atoms with Crippen LogP contribution in [0.2, 0.25) is 0 Å². The SMILES string of the molecule is COCCCC(=O)N1CCN(C(C)C#N)CC1. The van der Waals surface area contributed by atoms with E-state index >= 15 is 0 Å². The van der Waals surface area contributed by atoms with Crippen LogP contribution in [0.5, 0.6) is 0 Å². The summed E-state index contributed by atoms with van der Waals surface area (Å²) in [6.07, 6.45) is 1.34. The number of piperazine rings is 1. The van der Waals surface area contributed by atoms with Crippen LogP contribution in [-0.4, -0.2) is 61.6 Å². The van der Waals surface area contributed by atoms with Crippen LogP contribution in [0, 0.1) is 11.3 Å². The Hall–Kier alpha value is -1.12. The third-order valence-corrected chi connectivity index (χ3v) is 3.14. The zero-order valence-corrected chi connectivity index (χ0v) is 10.7. The Labute approximate surface area is 103 Å². The van der Waals surface area contributed by atoms with Crippen LogP contribution >= 0.6 is 0 Å². The number of ether oxygens (including phenoxy) is 1. The highest BCUT2D eigenvalue weighted by molar-refractivity contribution is 5.76. The Balaban J connectivity index is 2.27. The van der Waals surface area contributed by atoms with Gasteiger partial charge in [0.2, 0.25) is 5.91 Å². The summed E-state index contributed by atoms with van der Waals surface area (Å²) >= 11 is 0. The van der Waals surface area contributed by atoms with Gasteiger partial charge in [0, 0.05) is 46.3 Å². The minimum absolute atomic E-state index is 0.0549. The molecule has 1 atom stereocenters. The van der Waals surface area contributed by atoms with E-state index in [1.807, 2.05) is 11.8 Å². The van der Waals surface area contributed by atoms with Crippen LogP contribution in [0.15, 0.2) is 0 Å². The maximum Gasteiger partial charge on any atom is 0.222 e. The molecule has 1 rings (SSSR count). The molecule has 1 aliphatic heterocycles. The maximum atomic E-state index is 11.8. The number of methoxy groups -OCH3 is 1. The summed E-state index contributed by atoms with van der Waals surface area (Å²) in [7, 11) is 1.65. The number of hydrogen-bond acceptors (Lipinski definition) is 4. The van der Waals surface area contributed by atoms with Crippen molar-refractivity contribution in [2.75, 3.05) is 39.9 Å². The van der Waals surface area contributed by atoms with Gasteiger partial charge in [-0.05, 0) is 13.3 Å². The molecule has 0 spiro atoms. The molecule has 0 N–H and O–H groups in total. The first-order chi connectivity index (χ1) is 8.19. The minimum atomic E-state index is -0.0549. The predicted molar refractivity (Wildman–Crippen MR) is 64.3 cm³/mol. The molecule has 1 fully saturated rings. The van der Waals surface area contributed by atoms with Crippen molar-refractivity contribution in [2.45, 2.75) is 25.8 Å². The molecule has 17 heavy (non-hydrogen) atoms. The zero-order valence-electron chi connectivity index (χ0n) is 10.7. The van der Waals surface area contributed by atoms with Crippen molar-refractivity contribution in [3.63, 3.8) is 0 Å². The third-order valence-electron chi connectivity index (χ3n) is 3.14. The minimum Gasteiger partial charge on any atom is -0.385 e. The number of carbonyl (C=O) groups is 1. The first kappa shape index (κ1) is 13.9. The van der Waals surface area contributed by atoms with E-state index in [9.17, 15) is 4.79 Å². The fourth-order valence-corrected chi connectivity index (χ4v) is 1.97. The van der Waals surface area contributed by atoms with Gasteiger partial charge in [-0.25, -0.2) is 0 Å². The van der Waals surface area contributed by atoms with Gasteiger partial charge in [0.25, 0.3) is 0 Å². The van der Waals surface area contributed by atoms with Gasteiger partial charge >= 0.3 is 0 Å². The van der Waals surface area contributed by atoms with Crippen molar-refractivity contribution in [1.29, 1.82) is 5.26 Å². The third kappa shape index (κ3) is 4.33. The first-order valence-electron chi connectivity index (χ1n) is 6.09. The molecule has 0 bridgehead atoms. The molecule has 0 aliphatic carbocycles. The van der Waals surface area contributed by atoms with Gasteiger partial charge in [0.05, 0.1) is 12.1 Å². The summed E-state index contributed by atoms with van der Waals surface area (Å²) < 4.78 is 4.93. The summed E-state index contributed by atoms with van der Waals surface area (Å²) in [5.41, 5.74) is 0. The van der Waals surface area contributed by atoms with Crippen LogP contribution in [-0.2, 0) is 9.53 Å². The zero-order chi connectivity index (χ0) is 12.7. The molecule has 1 saturated heterocycles. The number of hydrogen-bond donors (Lipinski definition) is 0. The summed E-state index contributed by atoms with van der Waals surface area (Å²) in [6.45, 7) is 5.60. The molecule has 5 nitrogen and oxygen atoms in total. The highest BCUT2D eigenvalue weighted by Gasteiger charge is 2.23. The summed E-state index contributed by atoms with van der Waals surface area (Å²) in [5.74, 6) is 0.200. The molecular formula is C12H21N3O2. The van der Waals surface area contributed by atoms with E-state index in [2.05, 4.69) is 11.0 Å². The Morgan fingerprint density at radius 3 is 2.59 bits per heavy atom. The van der Waals surface area contributed by atoms with Crippen LogP contribution in [0.4, 0.5) is 0 Å². The second-order valence-electron chi connectivity index (χ2n) is 4.32. The Kier molecular flexibility index (Phi) is 5.95. The van der Waals surface area contributed by atoms with E-state index in [4.69, 9.17) is 10.00 Å². The highest BCUT2D eigenvalue weighted by Crippen LogP contribution is 2.07. The van der Waals surface area contributed by atoms with Crippen LogP contribution in [0.3, 0.4) is 0 Å². The summed E-state index contributed by atoms with van der Waals surface area (Å²) in [5, 5.41) is 8.82. The topological polar surface area (TPSA) is 56.6 Å². The second kappa shape index (κ2) is 7.25. The van der Waals surface area contributed by atoms with Crippen molar-refractivity contribution in [3.05, 3.63) is 0 Å². The standard InChI is InChI=1S/C12H21N3O2/c1-11(10-13)14-5-7-15(8-6-14)12(16)4-3-9-17-2/h11H,3-9H2,1-2H3. The van der Waals surface area contributed by atoms with Crippen LogP contribution in [0.25, 0.3) is 0 Å². The molecule has 1 unspecified atom stereocenters. The lowest BCUT2D eigenvalue weighted by molar-refractivity contribution is -0.133. The van der Waals surface area contributed by atoms with Crippen molar-refractivity contribution in [1.82, 2.24) is 9.80 Å². The number of amides is 1. The van der Waals surface area contributed by atoms with E-state index < -0.39 is 0 Å². The Bertz CT molecular complexity index is 280. The number of carbonyl (C=O) groups excluding carboxylic acids is 1. The van der Waals surface area contributed by atoms with E-state index in [-0.39, 0.29) is 11.9 Å². The molecule has 96 valence electrons. The molecule has 0 aromatic rings. The van der Waals surface area contributed by atoms with Gasteiger partial charge in [-0.15, -0.1) is 0 Å². The fraction of sp³-hybridized carbons (Fsp3) is 0.833. The molecule has 1 aliphatic rings. The smallest absolute Gasteiger partial charge is 0.222 e. The van der Waals surface area contributed by atoms with Crippen molar-refractivity contribution >= 4 is 5.91 Å². The monoisotopic (exact) mass is 239 g/mol. The molecule has 1 amide bonds. The maximum absolute atomic E-state index is 11.8. The number of nitriles is 1. The number of rotatable bonds is 5. The normalized spacial score (nSPS) is 18.8. The molecule has 5 heteroatoms. The average Bonchev–Trinajstić information content (AvgIpc) is 2.38. The molecule has 0 aromatic carbocycles. The van der Waals surface area contributed by atoms with Gasteiger partial charge in [-0.3, -0.25) is 9.69 Å². The van der Waals surface area contributed by atoms with E-state index in [0.29, 0.717) is 13.0 Å². The molecule has 0 saturated carbocycles. The average molecular weight is 239 g/mol. The number of nitrogens with zero attached hydrogens (tertiary/aromatic N) is 3. The van der Waals surface area contributed by atoms with Gasteiger partial charge < -0.3 is 9.64 Å². The van der Waals surface area contributed by atoms with Crippen LogP contribution in [0.1, 0.15) is 19.8 Å². The molecular weight excluding hydrogens is 218 g/mol. The summed E-state index contributed by atoms with van der Waals surface area (Å²) in [6, 6.07) is 2.17. The van der Waals surface area contributed by atoms with Crippen molar-refractivity contribution in [2.24, 2.45) is 0 Å². The summed E-state index contributed by atoms with van der Waals surface area (Å²) in [4.78, 5) is 15.8. The van der Waals surface area contributed by atoms with Crippen LogP contribution < -0.4 is 0 Å². The second-order valence-corrected chi connectivity index (χ2v) is 4.32. The molecule has 0 aromatic heterocycles. The van der Waals surface area contributed by atoms with Gasteiger partial charge in [-0.1, -0.05) is 0 Å². The highest BCUT2D eigenvalue weighted by atomic mass is 16.5. The molecule has 1 heterocycles. The lowest BCUT2D eigenvalue weighted by Crippen LogP contribution is -2.51. The van der Waals surface area contributed by atoms with E-state index in [0.717, 1.165) is 32.6 Å². The fourth-order valence-electron chi connectivity index (χ4n) is 1.97.